The zero-order valence-electron chi connectivity index (χ0n) is 11.3. The fraction of sp³-hybridized carbons (Fsp3) is 0.176. The summed E-state index contributed by atoms with van der Waals surface area (Å²) in [6.07, 6.45) is 5.35. The fourth-order valence-corrected chi connectivity index (χ4v) is 2.94. The third kappa shape index (κ3) is 2.41. The number of rotatable bonds is 3. The molecule has 2 aromatic carbocycles. The fourth-order valence-electron chi connectivity index (χ4n) is 2.53. The Labute approximate surface area is 118 Å². The van der Waals surface area contributed by atoms with Crippen molar-refractivity contribution in [2.75, 3.05) is 6.26 Å². The second-order valence-corrected chi connectivity index (χ2v) is 5.69. The van der Waals surface area contributed by atoms with Crippen LogP contribution >= 0.6 is 11.8 Å². The lowest BCUT2D eigenvalue weighted by molar-refractivity contribution is 0.958. The maximum absolute atomic E-state index is 2.24. The number of benzene rings is 2. The zero-order valence-corrected chi connectivity index (χ0v) is 12.1. The van der Waals surface area contributed by atoms with E-state index < -0.39 is 0 Å². The molecule has 1 nitrogen and oxygen atoms in total. The monoisotopic (exact) mass is 267 g/mol. The van der Waals surface area contributed by atoms with Gasteiger partial charge in [0, 0.05) is 29.0 Å². The minimum absolute atomic E-state index is 0.996. The molecular formula is C17H17NS. The van der Waals surface area contributed by atoms with Gasteiger partial charge in [0.25, 0.3) is 0 Å². The topological polar surface area (TPSA) is 4.93 Å². The van der Waals surface area contributed by atoms with E-state index in [1.807, 2.05) is 0 Å². The number of aryl methyl sites for hydroxylation is 1. The van der Waals surface area contributed by atoms with Crippen molar-refractivity contribution < 1.29 is 0 Å². The number of aromatic nitrogens is 1. The Bertz CT molecular complexity index is 695. The Kier molecular flexibility index (Phi) is 3.34. The van der Waals surface area contributed by atoms with E-state index in [9.17, 15) is 0 Å². The first-order chi connectivity index (χ1) is 9.28. The zero-order chi connectivity index (χ0) is 13.2. The van der Waals surface area contributed by atoms with Crippen LogP contribution < -0.4 is 0 Å². The van der Waals surface area contributed by atoms with Gasteiger partial charge in [0.1, 0.15) is 0 Å². The van der Waals surface area contributed by atoms with Gasteiger partial charge in [0.15, 0.2) is 0 Å². The van der Waals surface area contributed by atoms with Crippen LogP contribution in [0.3, 0.4) is 0 Å². The summed E-state index contributed by atoms with van der Waals surface area (Å²) in [7, 11) is 2.11. The first-order valence-corrected chi connectivity index (χ1v) is 7.66. The van der Waals surface area contributed by atoms with Crippen molar-refractivity contribution in [3.05, 3.63) is 65.9 Å². The number of thioether (sulfide) groups is 1. The number of hydrogen-bond donors (Lipinski definition) is 0. The Hall–Kier alpha value is -1.67. The van der Waals surface area contributed by atoms with Crippen molar-refractivity contribution >= 4 is 22.7 Å². The van der Waals surface area contributed by atoms with E-state index in [0.29, 0.717) is 0 Å². The van der Waals surface area contributed by atoms with E-state index in [-0.39, 0.29) is 0 Å². The number of para-hydroxylation sites is 1. The van der Waals surface area contributed by atoms with Gasteiger partial charge in [-0.1, -0.05) is 30.3 Å². The van der Waals surface area contributed by atoms with Gasteiger partial charge in [-0.15, -0.1) is 11.8 Å². The molecule has 3 rings (SSSR count). The van der Waals surface area contributed by atoms with Crippen LogP contribution in [0.5, 0.6) is 0 Å². The van der Waals surface area contributed by atoms with Gasteiger partial charge in [-0.05, 0) is 42.0 Å². The maximum atomic E-state index is 2.24. The van der Waals surface area contributed by atoms with Crippen LogP contribution in [0.1, 0.15) is 11.1 Å². The minimum atomic E-state index is 0.996. The second-order valence-electron chi connectivity index (χ2n) is 4.81. The lowest BCUT2D eigenvalue weighted by Crippen LogP contribution is -1.87. The van der Waals surface area contributed by atoms with Crippen LogP contribution in [0.4, 0.5) is 0 Å². The van der Waals surface area contributed by atoms with E-state index in [2.05, 4.69) is 72.6 Å². The highest BCUT2D eigenvalue weighted by molar-refractivity contribution is 7.98. The molecule has 0 saturated carbocycles. The summed E-state index contributed by atoms with van der Waals surface area (Å²) >= 11 is 1.79. The smallest absolute Gasteiger partial charge is 0.0480 e. The van der Waals surface area contributed by atoms with E-state index >= 15 is 0 Å². The highest BCUT2D eigenvalue weighted by atomic mass is 32.2. The third-order valence-electron chi connectivity index (χ3n) is 3.53. The molecule has 0 bridgehead atoms. The molecule has 19 heavy (non-hydrogen) atoms. The van der Waals surface area contributed by atoms with Gasteiger partial charge >= 0.3 is 0 Å². The first-order valence-electron chi connectivity index (χ1n) is 6.44. The molecule has 96 valence electrons. The maximum Gasteiger partial charge on any atom is 0.0480 e. The summed E-state index contributed by atoms with van der Waals surface area (Å²) in [4.78, 5) is 1.32. The Morgan fingerprint density at radius 1 is 1.00 bits per heavy atom. The van der Waals surface area contributed by atoms with Crippen molar-refractivity contribution in [1.82, 2.24) is 4.57 Å². The van der Waals surface area contributed by atoms with Gasteiger partial charge in [-0.2, -0.15) is 0 Å². The van der Waals surface area contributed by atoms with E-state index in [1.54, 1.807) is 11.8 Å². The van der Waals surface area contributed by atoms with Gasteiger partial charge in [-0.25, -0.2) is 0 Å². The predicted molar refractivity (Wildman–Crippen MR) is 83.9 cm³/mol. The predicted octanol–water partition coefficient (Wildman–Crippen LogP) is 4.49. The van der Waals surface area contributed by atoms with E-state index in [4.69, 9.17) is 0 Å². The van der Waals surface area contributed by atoms with Crippen molar-refractivity contribution in [1.29, 1.82) is 0 Å². The lowest BCUT2D eigenvalue weighted by Gasteiger charge is -2.02. The van der Waals surface area contributed by atoms with Crippen LogP contribution in [0.2, 0.25) is 0 Å². The van der Waals surface area contributed by atoms with E-state index in [1.165, 1.54) is 26.9 Å². The summed E-state index contributed by atoms with van der Waals surface area (Å²) in [5.74, 6) is 0. The van der Waals surface area contributed by atoms with Gasteiger partial charge in [0.2, 0.25) is 0 Å². The summed E-state index contributed by atoms with van der Waals surface area (Å²) in [5, 5.41) is 1.36. The van der Waals surface area contributed by atoms with Crippen molar-refractivity contribution in [2.24, 2.45) is 7.05 Å². The van der Waals surface area contributed by atoms with Crippen molar-refractivity contribution in [3.63, 3.8) is 0 Å². The minimum Gasteiger partial charge on any atom is -0.350 e. The SMILES string of the molecule is CSc1ccc(Cc2cn(C)c3ccccc23)cc1. The molecule has 2 heteroatoms. The van der Waals surface area contributed by atoms with Gasteiger partial charge in [0.05, 0.1) is 0 Å². The van der Waals surface area contributed by atoms with Gasteiger partial charge < -0.3 is 4.57 Å². The molecule has 0 fully saturated rings. The molecule has 0 spiro atoms. The van der Waals surface area contributed by atoms with Gasteiger partial charge in [-0.3, -0.25) is 0 Å². The lowest BCUT2D eigenvalue weighted by atomic mass is 10.0. The van der Waals surface area contributed by atoms with Crippen molar-refractivity contribution in [2.45, 2.75) is 11.3 Å². The van der Waals surface area contributed by atoms with Crippen LogP contribution in [0.15, 0.2) is 59.6 Å². The number of nitrogens with zero attached hydrogens (tertiary/aromatic N) is 1. The molecule has 0 unspecified atom stereocenters. The third-order valence-corrected chi connectivity index (χ3v) is 4.28. The molecule has 0 N–H and O–H groups in total. The Morgan fingerprint density at radius 3 is 2.47 bits per heavy atom. The summed E-state index contributed by atoms with van der Waals surface area (Å²) in [6.45, 7) is 0. The molecule has 0 atom stereocenters. The Balaban J connectivity index is 1.96. The van der Waals surface area contributed by atoms with Crippen LogP contribution in [-0.2, 0) is 13.5 Å². The molecule has 1 aromatic heterocycles. The second kappa shape index (κ2) is 5.14. The molecule has 0 aliphatic rings. The summed E-state index contributed by atoms with van der Waals surface area (Å²) in [6, 6.07) is 17.5. The van der Waals surface area contributed by atoms with Crippen LogP contribution in [-0.4, -0.2) is 10.8 Å². The average molecular weight is 267 g/mol. The molecule has 1 heterocycles. The number of hydrogen-bond acceptors (Lipinski definition) is 1. The quantitative estimate of drug-likeness (QED) is 0.633. The van der Waals surface area contributed by atoms with Crippen LogP contribution in [0.25, 0.3) is 10.9 Å². The van der Waals surface area contributed by atoms with Crippen molar-refractivity contribution in [3.8, 4) is 0 Å². The summed E-state index contributed by atoms with van der Waals surface area (Å²) < 4.78 is 2.21. The number of fused-ring (bicyclic) bond motifs is 1. The first kappa shape index (κ1) is 12.4. The summed E-state index contributed by atoms with van der Waals surface area (Å²) in [5.41, 5.74) is 4.07. The average Bonchev–Trinajstić information content (AvgIpc) is 2.77. The molecule has 0 radical (unpaired) electrons. The molecule has 0 aliphatic heterocycles. The highest BCUT2D eigenvalue weighted by Crippen LogP contribution is 2.23. The van der Waals surface area contributed by atoms with Crippen LogP contribution in [0, 0.1) is 0 Å². The molecule has 3 aromatic rings. The van der Waals surface area contributed by atoms with E-state index in [0.717, 1.165) is 6.42 Å². The standard InChI is InChI=1S/C17H17NS/c1-18-12-14(16-5-3-4-6-17(16)18)11-13-7-9-15(19-2)10-8-13/h3-10,12H,11H2,1-2H3. The normalized spacial score (nSPS) is 11.1. The molecule has 0 saturated heterocycles. The Morgan fingerprint density at radius 2 is 1.74 bits per heavy atom. The molecular weight excluding hydrogens is 250 g/mol. The largest absolute Gasteiger partial charge is 0.350 e. The highest BCUT2D eigenvalue weighted by Gasteiger charge is 2.06. The molecule has 0 amide bonds. The molecule has 0 aliphatic carbocycles.